The second kappa shape index (κ2) is 9.99. The van der Waals surface area contributed by atoms with E-state index in [1.54, 1.807) is 26.0 Å². The lowest BCUT2D eigenvalue weighted by molar-refractivity contribution is -0.122. The predicted molar refractivity (Wildman–Crippen MR) is 108 cm³/mol. The highest BCUT2D eigenvalue weighted by atomic mass is 32.2. The van der Waals surface area contributed by atoms with Crippen LogP contribution in [-0.4, -0.2) is 61.7 Å². The molecule has 1 unspecified atom stereocenters. The Morgan fingerprint density at radius 3 is 2.61 bits per heavy atom. The van der Waals surface area contributed by atoms with Crippen LogP contribution in [0.25, 0.3) is 0 Å². The molecule has 1 aliphatic rings. The Balaban J connectivity index is 2.07. The van der Waals surface area contributed by atoms with Gasteiger partial charge >= 0.3 is 0 Å². The summed E-state index contributed by atoms with van der Waals surface area (Å²) in [5.74, 6) is -0.611. The minimum absolute atomic E-state index is 0.0219. The van der Waals surface area contributed by atoms with Gasteiger partial charge in [-0.05, 0) is 37.6 Å². The molecule has 1 aliphatic heterocycles. The third-order valence-electron chi connectivity index (χ3n) is 4.99. The summed E-state index contributed by atoms with van der Waals surface area (Å²) in [6.07, 6.45) is 3.07. The van der Waals surface area contributed by atoms with Crippen molar-refractivity contribution >= 4 is 27.5 Å². The molecule has 1 saturated heterocycles. The zero-order valence-electron chi connectivity index (χ0n) is 16.6. The van der Waals surface area contributed by atoms with E-state index in [-0.39, 0.29) is 35.7 Å². The Labute approximate surface area is 167 Å². The zero-order valence-corrected chi connectivity index (χ0v) is 17.4. The molecule has 8 nitrogen and oxygen atoms in total. The van der Waals surface area contributed by atoms with Gasteiger partial charge in [0.2, 0.25) is 21.8 Å². The van der Waals surface area contributed by atoms with Crippen LogP contribution in [0.2, 0.25) is 0 Å². The summed E-state index contributed by atoms with van der Waals surface area (Å²) in [6, 6.07) is 6.25. The molecule has 0 radical (unpaired) electrons. The third kappa shape index (κ3) is 5.76. The first kappa shape index (κ1) is 22.3. The number of amides is 2. The van der Waals surface area contributed by atoms with Gasteiger partial charge < -0.3 is 11.1 Å². The number of carbonyl (C=O) groups is 2. The van der Waals surface area contributed by atoms with Crippen molar-refractivity contribution in [3.63, 3.8) is 0 Å². The van der Waals surface area contributed by atoms with Crippen LogP contribution in [0.15, 0.2) is 29.2 Å². The number of sulfonamides is 1. The molecular weight excluding hydrogens is 380 g/mol. The van der Waals surface area contributed by atoms with Crippen LogP contribution < -0.4 is 11.1 Å². The van der Waals surface area contributed by atoms with Crippen molar-refractivity contribution in [2.24, 2.45) is 5.73 Å². The number of benzene rings is 1. The summed E-state index contributed by atoms with van der Waals surface area (Å²) in [4.78, 5) is 25.9. The molecule has 2 rings (SSSR count). The van der Waals surface area contributed by atoms with E-state index in [4.69, 9.17) is 5.73 Å². The largest absolute Gasteiger partial charge is 0.370 e. The maximum Gasteiger partial charge on any atom is 0.243 e. The van der Waals surface area contributed by atoms with Crippen molar-refractivity contribution in [3.05, 3.63) is 24.3 Å². The second-order valence-electron chi connectivity index (χ2n) is 6.96. The fraction of sp³-hybridized carbons (Fsp3) is 0.579. The summed E-state index contributed by atoms with van der Waals surface area (Å²) in [6.45, 7) is 5.21. The number of nitrogens with zero attached hydrogens (tertiary/aromatic N) is 2. The van der Waals surface area contributed by atoms with E-state index in [1.807, 2.05) is 4.90 Å². The van der Waals surface area contributed by atoms with E-state index in [1.165, 1.54) is 16.4 Å². The van der Waals surface area contributed by atoms with Crippen LogP contribution in [0.5, 0.6) is 0 Å². The first-order valence-electron chi connectivity index (χ1n) is 9.70. The molecule has 0 bridgehead atoms. The van der Waals surface area contributed by atoms with Gasteiger partial charge in [0.1, 0.15) is 0 Å². The minimum atomic E-state index is -3.59. The summed E-state index contributed by atoms with van der Waals surface area (Å²) in [7, 11) is -3.59. The van der Waals surface area contributed by atoms with Crippen LogP contribution >= 0.6 is 0 Å². The molecule has 1 atom stereocenters. The Hall–Kier alpha value is -1.97. The van der Waals surface area contributed by atoms with E-state index >= 15 is 0 Å². The predicted octanol–water partition coefficient (Wildman–Crippen LogP) is 1.39. The zero-order chi connectivity index (χ0) is 20.7. The second-order valence-corrected chi connectivity index (χ2v) is 8.89. The number of piperidine rings is 1. The van der Waals surface area contributed by atoms with Gasteiger partial charge in [0.25, 0.3) is 0 Å². The SMILES string of the molecule is CCN(CC)S(=O)(=O)c1cccc(NC(=O)CN2CCCCC2CC(N)=O)c1. The molecule has 1 aromatic rings. The quantitative estimate of drug-likeness (QED) is 0.639. The van der Waals surface area contributed by atoms with Crippen LogP contribution in [-0.2, 0) is 19.6 Å². The standard InChI is InChI=1S/C19H30N4O4S/c1-3-23(4-2)28(26,27)17-10-7-8-15(12-17)21-19(25)14-22-11-6-5-9-16(22)13-18(20)24/h7-8,10,12,16H,3-6,9,11,13-14H2,1-2H3,(H2,20,24)(H,21,25). The number of primary amides is 1. The lowest BCUT2D eigenvalue weighted by Crippen LogP contribution is -2.45. The number of nitrogens with two attached hydrogens (primary N) is 1. The van der Waals surface area contributed by atoms with Gasteiger partial charge in [0.05, 0.1) is 11.4 Å². The third-order valence-corrected chi connectivity index (χ3v) is 7.04. The summed E-state index contributed by atoms with van der Waals surface area (Å²) >= 11 is 0. The number of anilines is 1. The van der Waals surface area contributed by atoms with Crippen molar-refractivity contribution in [1.82, 2.24) is 9.21 Å². The monoisotopic (exact) mass is 410 g/mol. The summed E-state index contributed by atoms with van der Waals surface area (Å²) < 4.78 is 26.7. The molecule has 28 heavy (non-hydrogen) atoms. The average molecular weight is 411 g/mol. The molecule has 0 aliphatic carbocycles. The van der Waals surface area contributed by atoms with Crippen LogP contribution in [0.1, 0.15) is 39.5 Å². The van der Waals surface area contributed by atoms with Crippen LogP contribution in [0.4, 0.5) is 5.69 Å². The van der Waals surface area contributed by atoms with Gasteiger partial charge in [-0.1, -0.05) is 26.3 Å². The van der Waals surface area contributed by atoms with Gasteiger partial charge in [-0.2, -0.15) is 4.31 Å². The van der Waals surface area contributed by atoms with Gasteiger partial charge in [-0.3, -0.25) is 14.5 Å². The number of carbonyl (C=O) groups excluding carboxylic acids is 2. The maximum atomic E-state index is 12.7. The van der Waals surface area contributed by atoms with Crippen molar-refractivity contribution in [1.29, 1.82) is 0 Å². The van der Waals surface area contributed by atoms with E-state index in [0.29, 0.717) is 18.8 Å². The molecule has 156 valence electrons. The Morgan fingerprint density at radius 1 is 1.25 bits per heavy atom. The smallest absolute Gasteiger partial charge is 0.243 e. The molecular formula is C19H30N4O4S. The molecule has 3 N–H and O–H groups in total. The molecule has 2 amide bonds. The van der Waals surface area contributed by atoms with E-state index in [9.17, 15) is 18.0 Å². The average Bonchev–Trinajstić information content (AvgIpc) is 2.64. The topological polar surface area (TPSA) is 113 Å². The molecule has 0 aromatic heterocycles. The first-order valence-corrected chi connectivity index (χ1v) is 11.1. The van der Waals surface area contributed by atoms with Crippen molar-refractivity contribution in [2.75, 3.05) is 31.5 Å². The molecule has 1 fully saturated rings. The van der Waals surface area contributed by atoms with Gasteiger partial charge in [-0.25, -0.2) is 8.42 Å². The van der Waals surface area contributed by atoms with E-state index in [0.717, 1.165) is 25.8 Å². The van der Waals surface area contributed by atoms with E-state index in [2.05, 4.69) is 5.32 Å². The normalized spacial score (nSPS) is 18.2. The van der Waals surface area contributed by atoms with Gasteiger partial charge in [0, 0.05) is 31.2 Å². The molecule has 9 heteroatoms. The lowest BCUT2D eigenvalue weighted by Gasteiger charge is -2.34. The fourth-order valence-electron chi connectivity index (χ4n) is 3.56. The lowest BCUT2D eigenvalue weighted by atomic mass is 9.99. The summed E-state index contributed by atoms with van der Waals surface area (Å²) in [5, 5.41) is 2.77. The Kier molecular flexibility index (Phi) is 7.97. The number of likely N-dealkylation sites (tertiary alicyclic amines) is 1. The molecule has 1 heterocycles. The highest BCUT2D eigenvalue weighted by molar-refractivity contribution is 7.89. The minimum Gasteiger partial charge on any atom is -0.370 e. The summed E-state index contributed by atoms with van der Waals surface area (Å²) in [5.41, 5.74) is 5.75. The Morgan fingerprint density at radius 2 is 1.96 bits per heavy atom. The van der Waals surface area contributed by atoms with Gasteiger partial charge in [0.15, 0.2) is 0 Å². The number of hydrogen-bond acceptors (Lipinski definition) is 5. The van der Waals surface area contributed by atoms with Crippen LogP contribution in [0, 0.1) is 0 Å². The first-order chi connectivity index (χ1) is 13.3. The van der Waals surface area contributed by atoms with Crippen LogP contribution in [0.3, 0.4) is 0 Å². The number of nitrogens with one attached hydrogen (secondary N) is 1. The van der Waals surface area contributed by atoms with Crippen molar-refractivity contribution in [2.45, 2.75) is 50.5 Å². The van der Waals surface area contributed by atoms with Crippen molar-refractivity contribution in [3.8, 4) is 0 Å². The highest BCUT2D eigenvalue weighted by Crippen LogP contribution is 2.21. The number of hydrogen-bond donors (Lipinski definition) is 2. The Bertz CT molecular complexity index is 793. The molecule has 0 spiro atoms. The number of rotatable bonds is 9. The fourth-order valence-corrected chi connectivity index (χ4v) is 5.07. The highest BCUT2D eigenvalue weighted by Gasteiger charge is 2.26. The van der Waals surface area contributed by atoms with Crippen molar-refractivity contribution < 1.29 is 18.0 Å². The molecule has 0 saturated carbocycles. The van der Waals surface area contributed by atoms with Gasteiger partial charge in [-0.15, -0.1) is 0 Å². The maximum absolute atomic E-state index is 12.7. The van der Waals surface area contributed by atoms with E-state index < -0.39 is 10.0 Å². The molecule has 1 aromatic carbocycles.